The summed E-state index contributed by atoms with van der Waals surface area (Å²) < 4.78 is 0. The third kappa shape index (κ3) is 6.20. The predicted molar refractivity (Wildman–Crippen MR) is 120 cm³/mol. The molecular weight excluding hydrogens is 392 g/mol. The molecule has 2 N–H and O–H groups in total. The maximum absolute atomic E-state index is 12.3. The summed E-state index contributed by atoms with van der Waals surface area (Å²) in [4.78, 5) is 36.8. The van der Waals surface area contributed by atoms with Crippen LogP contribution in [0.2, 0.25) is 0 Å². The second-order valence-electron chi connectivity index (χ2n) is 8.01. The van der Waals surface area contributed by atoms with Gasteiger partial charge in [0, 0.05) is 37.3 Å². The number of aryl methyl sites for hydroxylation is 3. The second-order valence-corrected chi connectivity index (χ2v) is 8.01. The number of Topliss-reactive ketones (excluding diaryl/α,β-unsaturated/α-hetero) is 1. The number of hydrogen-bond acceptors (Lipinski definition) is 6. The highest BCUT2D eigenvalue weighted by Crippen LogP contribution is 2.25. The molecule has 31 heavy (non-hydrogen) atoms. The van der Waals surface area contributed by atoms with Gasteiger partial charge in [-0.1, -0.05) is 12.7 Å². The van der Waals surface area contributed by atoms with E-state index in [-0.39, 0.29) is 18.6 Å². The summed E-state index contributed by atoms with van der Waals surface area (Å²) >= 11 is 0. The van der Waals surface area contributed by atoms with Gasteiger partial charge >= 0.3 is 5.97 Å². The van der Waals surface area contributed by atoms with Gasteiger partial charge in [0.05, 0.1) is 11.6 Å². The largest absolute Gasteiger partial charge is 0.481 e. The van der Waals surface area contributed by atoms with Gasteiger partial charge in [-0.2, -0.15) is 0 Å². The molecule has 0 amide bonds. The van der Waals surface area contributed by atoms with Crippen molar-refractivity contribution in [3.05, 3.63) is 53.2 Å². The third-order valence-electron chi connectivity index (χ3n) is 5.68. The van der Waals surface area contributed by atoms with Gasteiger partial charge in [0.25, 0.3) is 0 Å². The number of nitrogens with one attached hydrogen (secondary N) is 1. The SMILES string of the molecule is C=Cc1cc2c(nc1CCCCC(=O)CC[C@@H](C(=O)O)c1cnc(C)nc1)NCCC2. The van der Waals surface area contributed by atoms with Gasteiger partial charge < -0.3 is 10.4 Å². The fraction of sp³-hybridized carbons (Fsp3) is 0.458. The molecule has 0 unspecified atom stereocenters. The zero-order valence-electron chi connectivity index (χ0n) is 18.1. The first kappa shape index (κ1) is 22.6. The second kappa shape index (κ2) is 10.8. The first-order valence-electron chi connectivity index (χ1n) is 10.9. The van der Waals surface area contributed by atoms with Gasteiger partial charge in [0.2, 0.25) is 0 Å². The average Bonchev–Trinajstić information content (AvgIpc) is 2.77. The fourth-order valence-electron chi connectivity index (χ4n) is 3.88. The lowest BCUT2D eigenvalue weighted by molar-refractivity contribution is -0.139. The van der Waals surface area contributed by atoms with Gasteiger partial charge in [-0.25, -0.2) is 15.0 Å². The van der Waals surface area contributed by atoms with Crippen molar-refractivity contribution < 1.29 is 14.7 Å². The molecule has 0 radical (unpaired) electrons. The van der Waals surface area contributed by atoms with Crippen LogP contribution >= 0.6 is 0 Å². The Hall–Kier alpha value is -3.09. The highest BCUT2D eigenvalue weighted by molar-refractivity contribution is 5.80. The molecule has 0 saturated heterocycles. The van der Waals surface area contributed by atoms with E-state index in [0.717, 1.165) is 55.7 Å². The lowest BCUT2D eigenvalue weighted by atomic mass is 9.94. The normalized spacial score (nSPS) is 13.7. The standard InChI is InChI=1S/C24H30N4O3/c1-3-17-13-18-7-6-12-25-23(18)28-22(17)9-5-4-8-20(29)10-11-21(24(30)31)19-14-26-16(2)27-15-19/h3,13-15,21H,1,4-12H2,2H3,(H,25,28)(H,30,31)/t21-/m1/s1. The molecule has 0 aromatic carbocycles. The Morgan fingerprint density at radius 3 is 2.74 bits per heavy atom. The molecule has 0 fully saturated rings. The minimum absolute atomic E-state index is 0.0864. The van der Waals surface area contributed by atoms with E-state index in [1.807, 2.05) is 6.08 Å². The van der Waals surface area contributed by atoms with Crippen molar-refractivity contribution in [1.82, 2.24) is 15.0 Å². The molecule has 0 saturated carbocycles. The van der Waals surface area contributed by atoms with Crippen molar-refractivity contribution >= 4 is 23.6 Å². The Labute approximate surface area is 183 Å². The number of carboxylic acids is 1. The fourth-order valence-corrected chi connectivity index (χ4v) is 3.88. The topological polar surface area (TPSA) is 105 Å². The molecular formula is C24H30N4O3. The van der Waals surface area contributed by atoms with Crippen LogP contribution in [0.3, 0.4) is 0 Å². The smallest absolute Gasteiger partial charge is 0.311 e. The van der Waals surface area contributed by atoms with Crippen molar-refractivity contribution in [2.45, 2.75) is 64.2 Å². The summed E-state index contributed by atoms with van der Waals surface area (Å²) in [7, 11) is 0. The van der Waals surface area contributed by atoms with Crippen LogP contribution in [0.15, 0.2) is 25.0 Å². The molecule has 7 heteroatoms. The van der Waals surface area contributed by atoms with Crippen LogP contribution in [0.4, 0.5) is 5.82 Å². The van der Waals surface area contributed by atoms with Crippen molar-refractivity contribution in [3.63, 3.8) is 0 Å². The zero-order valence-corrected chi connectivity index (χ0v) is 18.1. The van der Waals surface area contributed by atoms with Crippen molar-refractivity contribution in [1.29, 1.82) is 0 Å². The molecule has 3 heterocycles. The van der Waals surface area contributed by atoms with Gasteiger partial charge in [0.1, 0.15) is 17.4 Å². The minimum atomic E-state index is -0.954. The summed E-state index contributed by atoms with van der Waals surface area (Å²) in [5.74, 6) is -0.0602. The number of unbranched alkanes of at least 4 members (excludes halogenated alkanes) is 1. The van der Waals surface area contributed by atoms with E-state index < -0.39 is 11.9 Å². The Morgan fingerprint density at radius 2 is 2.03 bits per heavy atom. The Kier molecular flexibility index (Phi) is 7.87. The number of rotatable bonds is 11. The van der Waals surface area contributed by atoms with E-state index in [2.05, 4.69) is 27.9 Å². The van der Waals surface area contributed by atoms with Crippen LogP contribution in [-0.4, -0.2) is 38.4 Å². The number of hydrogen-bond donors (Lipinski definition) is 2. The van der Waals surface area contributed by atoms with Gasteiger partial charge in [0.15, 0.2) is 0 Å². The molecule has 0 bridgehead atoms. The molecule has 3 rings (SSSR count). The first-order chi connectivity index (χ1) is 15.0. The number of nitrogens with zero attached hydrogens (tertiary/aromatic N) is 3. The van der Waals surface area contributed by atoms with Gasteiger partial charge in [-0.15, -0.1) is 0 Å². The molecule has 1 aliphatic rings. The molecule has 164 valence electrons. The molecule has 2 aromatic rings. The number of pyridine rings is 1. The number of fused-ring (bicyclic) bond motifs is 1. The van der Waals surface area contributed by atoms with E-state index in [0.29, 0.717) is 17.8 Å². The van der Waals surface area contributed by atoms with Crippen LogP contribution < -0.4 is 5.32 Å². The van der Waals surface area contributed by atoms with Crippen molar-refractivity contribution in [2.75, 3.05) is 11.9 Å². The summed E-state index contributed by atoms with van der Waals surface area (Å²) in [5, 5.41) is 12.9. The monoisotopic (exact) mass is 422 g/mol. The first-order valence-corrected chi connectivity index (χ1v) is 10.9. The summed E-state index contributed by atoms with van der Waals surface area (Å²) in [6.45, 7) is 6.61. The van der Waals surface area contributed by atoms with E-state index in [4.69, 9.17) is 4.98 Å². The highest BCUT2D eigenvalue weighted by Gasteiger charge is 2.21. The van der Waals surface area contributed by atoms with E-state index in [1.54, 1.807) is 6.92 Å². The van der Waals surface area contributed by atoms with Crippen molar-refractivity contribution in [3.8, 4) is 0 Å². The number of aliphatic carboxylic acids is 1. The highest BCUT2D eigenvalue weighted by atomic mass is 16.4. The van der Waals surface area contributed by atoms with Crippen LogP contribution in [0.1, 0.15) is 72.7 Å². The quantitative estimate of drug-likeness (QED) is 0.525. The third-order valence-corrected chi connectivity index (χ3v) is 5.68. The van der Waals surface area contributed by atoms with E-state index >= 15 is 0 Å². The molecule has 1 atom stereocenters. The van der Waals surface area contributed by atoms with E-state index in [1.165, 1.54) is 18.0 Å². The predicted octanol–water partition coefficient (Wildman–Crippen LogP) is 4.11. The average molecular weight is 423 g/mol. The Balaban J connectivity index is 1.46. The molecule has 7 nitrogen and oxygen atoms in total. The molecule has 1 aliphatic heterocycles. The van der Waals surface area contributed by atoms with Crippen LogP contribution in [0.25, 0.3) is 6.08 Å². The van der Waals surface area contributed by atoms with Crippen LogP contribution in [0.5, 0.6) is 0 Å². The van der Waals surface area contributed by atoms with E-state index in [9.17, 15) is 14.7 Å². The Bertz CT molecular complexity index is 941. The van der Waals surface area contributed by atoms with Gasteiger partial charge in [-0.05, 0) is 62.6 Å². The maximum atomic E-state index is 12.3. The summed E-state index contributed by atoms with van der Waals surface area (Å²) in [6, 6.07) is 2.17. The summed E-state index contributed by atoms with van der Waals surface area (Å²) in [5.41, 5.74) is 3.86. The number of carboxylic acid groups (broad SMARTS) is 1. The minimum Gasteiger partial charge on any atom is -0.481 e. The maximum Gasteiger partial charge on any atom is 0.311 e. The Morgan fingerprint density at radius 1 is 1.26 bits per heavy atom. The van der Waals surface area contributed by atoms with Gasteiger partial charge in [-0.3, -0.25) is 9.59 Å². The number of carbonyl (C=O) groups is 2. The molecule has 2 aromatic heterocycles. The molecule has 0 spiro atoms. The number of anilines is 1. The lowest BCUT2D eigenvalue weighted by Crippen LogP contribution is -2.15. The molecule has 0 aliphatic carbocycles. The number of ketones is 1. The zero-order chi connectivity index (χ0) is 22.2. The lowest BCUT2D eigenvalue weighted by Gasteiger charge is -2.19. The number of carbonyl (C=O) groups excluding carboxylic acids is 1. The van der Waals surface area contributed by atoms with Crippen LogP contribution in [-0.2, 0) is 22.4 Å². The summed E-state index contributed by atoms with van der Waals surface area (Å²) in [6.07, 6.45) is 10.4. The van der Waals surface area contributed by atoms with Crippen molar-refractivity contribution in [2.24, 2.45) is 0 Å². The number of aromatic nitrogens is 3. The van der Waals surface area contributed by atoms with Crippen LogP contribution in [0, 0.1) is 6.92 Å².